The van der Waals surface area contributed by atoms with E-state index in [2.05, 4.69) is 6.07 Å². The van der Waals surface area contributed by atoms with Crippen molar-refractivity contribution < 1.29 is 0 Å². The van der Waals surface area contributed by atoms with Gasteiger partial charge in [-0.2, -0.15) is 5.26 Å². The summed E-state index contributed by atoms with van der Waals surface area (Å²) in [4.78, 5) is 0.935. The summed E-state index contributed by atoms with van der Waals surface area (Å²) in [6.07, 6.45) is 0.934. The quantitative estimate of drug-likeness (QED) is 0.456. The average Bonchev–Trinajstić information content (AvgIpc) is 2.19. The highest BCUT2D eigenvalue weighted by molar-refractivity contribution is 7.99. The Labute approximate surface area is 98.0 Å². The van der Waals surface area contributed by atoms with E-state index in [0.29, 0.717) is 16.5 Å². The topological polar surface area (TPSA) is 23.8 Å². The lowest BCUT2D eigenvalue weighted by Crippen LogP contribution is -1.85. The van der Waals surface area contributed by atoms with Crippen molar-refractivity contribution in [3.05, 3.63) is 28.8 Å². The molecule has 0 aromatic heterocycles. The van der Waals surface area contributed by atoms with E-state index < -0.39 is 0 Å². The van der Waals surface area contributed by atoms with Gasteiger partial charge in [0.15, 0.2) is 0 Å². The number of thioether (sulfide) groups is 1. The second kappa shape index (κ2) is 6.19. The normalized spacial score (nSPS) is 9.79. The number of nitrogens with zero attached hydrogens (tertiary/aromatic N) is 1. The van der Waals surface area contributed by atoms with Crippen molar-refractivity contribution >= 4 is 35.0 Å². The zero-order valence-corrected chi connectivity index (χ0v) is 9.79. The molecule has 0 bridgehead atoms. The third-order valence-corrected chi connectivity index (χ3v) is 3.24. The van der Waals surface area contributed by atoms with Crippen molar-refractivity contribution in [3.8, 4) is 6.07 Å². The summed E-state index contributed by atoms with van der Waals surface area (Å²) in [5, 5.41) is 9.50. The second-order valence-electron chi connectivity index (χ2n) is 2.64. The van der Waals surface area contributed by atoms with Crippen LogP contribution in [0.3, 0.4) is 0 Å². The molecule has 4 heteroatoms. The molecule has 0 atom stereocenters. The number of rotatable bonds is 4. The second-order valence-corrected chi connectivity index (χ2v) is 4.59. The average molecular weight is 246 g/mol. The first-order chi connectivity index (χ1) is 6.77. The molecule has 0 unspecified atom stereocenters. The molecule has 0 radical (unpaired) electrons. The molecule has 1 nitrogen and oxygen atoms in total. The van der Waals surface area contributed by atoms with Crippen LogP contribution in [-0.2, 0) is 0 Å². The molecule has 0 amide bonds. The van der Waals surface area contributed by atoms with Gasteiger partial charge in [0, 0.05) is 15.8 Å². The molecule has 0 saturated heterocycles. The molecule has 0 saturated carbocycles. The Bertz CT molecular complexity index is 346. The maximum atomic E-state index is 8.83. The number of hydrogen-bond donors (Lipinski definition) is 0. The van der Waals surface area contributed by atoms with Gasteiger partial charge < -0.3 is 0 Å². The molecule has 0 N–H and O–H groups in total. The van der Waals surface area contributed by atoms with Crippen molar-refractivity contribution in [1.82, 2.24) is 0 Å². The number of nitriles is 1. The largest absolute Gasteiger partial charge is 0.192 e. The molecular weight excluding hydrogens is 237 g/mol. The van der Waals surface area contributed by atoms with Crippen LogP contribution < -0.4 is 0 Å². The first kappa shape index (κ1) is 11.7. The lowest BCUT2D eigenvalue weighted by atomic mass is 10.2. The molecule has 0 aliphatic heterocycles. The minimum atomic E-state index is 0.648. The smallest absolute Gasteiger partial charge is 0.100 e. The minimum Gasteiger partial charge on any atom is -0.192 e. The van der Waals surface area contributed by atoms with Gasteiger partial charge >= 0.3 is 0 Å². The predicted molar refractivity (Wildman–Crippen MR) is 62.2 cm³/mol. The van der Waals surface area contributed by atoms with Gasteiger partial charge in [-0.3, -0.25) is 0 Å². The Kier molecular flexibility index (Phi) is 5.17. The van der Waals surface area contributed by atoms with Crippen molar-refractivity contribution in [3.63, 3.8) is 0 Å². The lowest BCUT2D eigenvalue weighted by molar-refractivity contribution is 1.11. The minimum absolute atomic E-state index is 0.648. The Balaban J connectivity index is 2.73. The highest BCUT2D eigenvalue weighted by atomic mass is 35.5. The van der Waals surface area contributed by atoms with Crippen molar-refractivity contribution in [2.45, 2.75) is 11.3 Å². The Hall–Kier alpha value is -0.360. The Morgan fingerprint density at radius 2 is 2.21 bits per heavy atom. The summed E-state index contributed by atoms with van der Waals surface area (Å²) < 4.78 is 0. The molecular formula is C10H9Cl2NS. The summed E-state index contributed by atoms with van der Waals surface area (Å²) in [5.74, 6) is 1.56. The first-order valence-corrected chi connectivity index (χ1v) is 6.06. The van der Waals surface area contributed by atoms with E-state index in [1.54, 1.807) is 23.9 Å². The van der Waals surface area contributed by atoms with Crippen LogP contribution in [0.15, 0.2) is 23.1 Å². The van der Waals surface area contributed by atoms with Gasteiger partial charge in [0.2, 0.25) is 0 Å². The van der Waals surface area contributed by atoms with Crippen LogP contribution in [0.4, 0.5) is 0 Å². The maximum Gasteiger partial charge on any atom is 0.100 e. The molecule has 0 spiro atoms. The summed E-state index contributed by atoms with van der Waals surface area (Å²) in [6, 6.07) is 7.43. The van der Waals surface area contributed by atoms with E-state index >= 15 is 0 Å². The zero-order valence-electron chi connectivity index (χ0n) is 7.46. The summed E-state index contributed by atoms with van der Waals surface area (Å²) >= 11 is 13.0. The Morgan fingerprint density at radius 3 is 2.86 bits per heavy atom. The number of alkyl halides is 1. The first-order valence-electron chi connectivity index (χ1n) is 4.16. The van der Waals surface area contributed by atoms with Gasteiger partial charge in [-0.25, -0.2) is 0 Å². The molecule has 1 aromatic rings. The Morgan fingerprint density at radius 1 is 1.43 bits per heavy atom. The van der Waals surface area contributed by atoms with Crippen LogP contribution in [0.1, 0.15) is 12.0 Å². The van der Waals surface area contributed by atoms with E-state index in [0.717, 1.165) is 17.1 Å². The molecule has 14 heavy (non-hydrogen) atoms. The van der Waals surface area contributed by atoms with Crippen LogP contribution in [0.25, 0.3) is 0 Å². The van der Waals surface area contributed by atoms with Gasteiger partial charge in [-0.15, -0.1) is 23.4 Å². The van der Waals surface area contributed by atoms with Gasteiger partial charge in [-0.05, 0) is 30.4 Å². The predicted octanol–water partition coefficient (Wildman–Crippen LogP) is 3.93. The fourth-order valence-electron chi connectivity index (χ4n) is 0.945. The van der Waals surface area contributed by atoms with Gasteiger partial charge in [-0.1, -0.05) is 11.6 Å². The van der Waals surface area contributed by atoms with Crippen LogP contribution in [0.5, 0.6) is 0 Å². The fourth-order valence-corrected chi connectivity index (χ4v) is 2.46. The van der Waals surface area contributed by atoms with E-state index in [1.165, 1.54) is 0 Å². The van der Waals surface area contributed by atoms with Crippen LogP contribution in [0, 0.1) is 11.3 Å². The van der Waals surface area contributed by atoms with E-state index in [-0.39, 0.29) is 0 Å². The van der Waals surface area contributed by atoms with Gasteiger partial charge in [0.25, 0.3) is 0 Å². The van der Waals surface area contributed by atoms with Crippen molar-refractivity contribution in [1.29, 1.82) is 5.26 Å². The number of halogens is 2. The van der Waals surface area contributed by atoms with Crippen LogP contribution >= 0.6 is 35.0 Å². The molecule has 1 aromatic carbocycles. The third-order valence-electron chi connectivity index (χ3n) is 1.60. The van der Waals surface area contributed by atoms with E-state index in [9.17, 15) is 0 Å². The summed E-state index contributed by atoms with van der Waals surface area (Å²) in [6.45, 7) is 0. The van der Waals surface area contributed by atoms with E-state index in [4.69, 9.17) is 28.5 Å². The monoisotopic (exact) mass is 245 g/mol. The standard InChI is InChI=1S/C10H9Cl2NS/c11-4-1-5-14-10-6-9(12)3-2-8(10)7-13/h2-3,6H,1,4-5H2. The van der Waals surface area contributed by atoms with Gasteiger partial charge in [0.1, 0.15) is 6.07 Å². The van der Waals surface area contributed by atoms with Crippen molar-refractivity contribution in [2.24, 2.45) is 0 Å². The fraction of sp³-hybridized carbons (Fsp3) is 0.300. The molecule has 0 aliphatic carbocycles. The zero-order chi connectivity index (χ0) is 10.4. The maximum absolute atomic E-state index is 8.83. The van der Waals surface area contributed by atoms with E-state index in [1.807, 2.05) is 6.07 Å². The molecule has 1 rings (SSSR count). The molecule has 0 heterocycles. The highest BCUT2D eigenvalue weighted by Gasteiger charge is 2.02. The number of hydrogen-bond acceptors (Lipinski definition) is 2. The van der Waals surface area contributed by atoms with Crippen LogP contribution in [-0.4, -0.2) is 11.6 Å². The highest BCUT2D eigenvalue weighted by Crippen LogP contribution is 2.26. The van der Waals surface area contributed by atoms with Crippen LogP contribution in [0.2, 0.25) is 5.02 Å². The molecule has 0 fully saturated rings. The molecule has 74 valence electrons. The number of benzene rings is 1. The lowest BCUT2D eigenvalue weighted by Gasteiger charge is -2.02. The van der Waals surface area contributed by atoms with Crippen molar-refractivity contribution in [2.75, 3.05) is 11.6 Å². The third kappa shape index (κ3) is 3.42. The SMILES string of the molecule is N#Cc1ccc(Cl)cc1SCCCCl. The van der Waals surface area contributed by atoms with Gasteiger partial charge in [0.05, 0.1) is 5.56 Å². The summed E-state index contributed by atoms with van der Waals surface area (Å²) in [7, 11) is 0. The summed E-state index contributed by atoms with van der Waals surface area (Å²) in [5.41, 5.74) is 0.675. The molecule has 0 aliphatic rings.